The minimum absolute atomic E-state index is 0.323. The van der Waals surface area contributed by atoms with Crippen LogP contribution in [0.25, 0.3) is 27.6 Å². The summed E-state index contributed by atoms with van der Waals surface area (Å²) in [6, 6.07) is 11.2. The maximum atomic E-state index is 14.3. The topological polar surface area (TPSA) is 43.2 Å². The molecule has 0 spiro atoms. The van der Waals surface area contributed by atoms with Gasteiger partial charge in [0.2, 0.25) is 0 Å². The molecule has 0 unspecified atom stereocenters. The second-order valence-electron chi connectivity index (χ2n) is 6.86. The van der Waals surface area contributed by atoms with Gasteiger partial charge in [0.1, 0.15) is 22.7 Å². The van der Waals surface area contributed by atoms with Gasteiger partial charge in [0.15, 0.2) is 0 Å². The number of hydrogen-bond donors (Lipinski definition) is 0. The first-order valence-electron chi connectivity index (χ1n) is 9.18. The van der Waals surface area contributed by atoms with Gasteiger partial charge in [0.05, 0.1) is 24.4 Å². The summed E-state index contributed by atoms with van der Waals surface area (Å²) in [6.07, 6.45) is 1.65. The molecule has 1 saturated heterocycles. The molecule has 3 heterocycles. The van der Waals surface area contributed by atoms with Crippen molar-refractivity contribution in [1.29, 1.82) is 0 Å². The molecule has 0 bridgehead atoms. The van der Waals surface area contributed by atoms with E-state index in [-0.39, 0.29) is 5.82 Å². The quantitative estimate of drug-likeness (QED) is 0.456. The van der Waals surface area contributed by atoms with Crippen molar-refractivity contribution in [2.24, 2.45) is 0 Å². The number of pyridine rings is 1. The van der Waals surface area contributed by atoms with Gasteiger partial charge in [-0.2, -0.15) is 0 Å². The third-order valence-corrected chi connectivity index (χ3v) is 5.79. The van der Waals surface area contributed by atoms with Crippen molar-refractivity contribution in [1.82, 2.24) is 14.5 Å². The van der Waals surface area contributed by atoms with Crippen molar-refractivity contribution in [3.8, 4) is 5.69 Å². The van der Waals surface area contributed by atoms with Crippen LogP contribution in [-0.4, -0.2) is 40.8 Å². The number of benzene rings is 2. The summed E-state index contributed by atoms with van der Waals surface area (Å²) in [5, 5.41) is 0.762. The average molecular weight is 441 g/mol. The number of halogens is 2. The normalized spacial score (nSPS) is 14.9. The molecular weight excluding hydrogens is 423 g/mol. The monoisotopic (exact) mass is 440 g/mol. The van der Waals surface area contributed by atoms with E-state index >= 15 is 0 Å². The Morgan fingerprint density at radius 3 is 2.75 bits per heavy atom. The summed E-state index contributed by atoms with van der Waals surface area (Å²) in [6.45, 7) is 5.12. The van der Waals surface area contributed by atoms with Crippen LogP contribution < -0.4 is 4.90 Å². The number of aromatic nitrogens is 3. The molecule has 2 aromatic heterocycles. The summed E-state index contributed by atoms with van der Waals surface area (Å²) in [7, 11) is 0. The van der Waals surface area contributed by atoms with E-state index in [2.05, 4.69) is 42.5 Å². The molecule has 7 heteroatoms. The molecule has 1 aliphatic rings. The van der Waals surface area contributed by atoms with E-state index in [9.17, 15) is 4.39 Å². The van der Waals surface area contributed by atoms with E-state index in [1.165, 1.54) is 6.07 Å². The zero-order chi connectivity index (χ0) is 19.3. The van der Waals surface area contributed by atoms with Crippen LogP contribution in [-0.2, 0) is 4.74 Å². The molecule has 0 N–H and O–H groups in total. The van der Waals surface area contributed by atoms with Crippen LogP contribution in [0, 0.1) is 12.7 Å². The maximum absolute atomic E-state index is 14.3. The predicted molar refractivity (Wildman–Crippen MR) is 112 cm³/mol. The Kier molecular flexibility index (Phi) is 4.29. The maximum Gasteiger partial charge on any atom is 0.149 e. The van der Waals surface area contributed by atoms with Gasteiger partial charge in [-0.3, -0.25) is 9.55 Å². The summed E-state index contributed by atoms with van der Waals surface area (Å²) in [4.78, 5) is 11.3. The van der Waals surface area contributed by atoms with Crippen molar-refractivity contribution in [2.75, 3.05) is 31.2 Å². The lowest BCUT2D eigenvalue weighted by Crippen LogP contribution is -2.36. The Hall–Kier alpha value is -2.51. The number of aryl methyl sites for hydroxylation is 1. The summed E-state index contributed by atoms with van der Waals surface area (Å²) < 4.78 is 22.8. The highest BCUT2D eigenvalue weighted by Gasteiger charge is 2.19. The molecule has 0 radical (unpaired) electrons. The third kappa shape index (κ3) is 2.77. The van der Waals surface area contributed by atoms with E-state index in [1.807, 2.05) is 19.1 Å². The Morgan fingerprint density at radius 2 is 1.93 bits per heavy atom. The number of anilines is 1. The standard InChI is InChI=1S/C21H18BrFN4O/c1-13-25-21-16(22)11-14(26-7-9-28-10-8-26)12-19(21)27(13)18-5-6-24-20-15(18)3-2-4-17(20)23/h2-6,11-12H,7-10H2,1H3. The molecule has 0 atom stereocenters. The van der Waals surface area contributed by atoms with Crippen LogP contribution in [0.1, 0.15) is 5.82 Å². The molecule has 5 rings (SSSR count). The number of ether oxygens (including phenoxy) is 1. The number of para-hydroxylation sites is 1. The Bertz CT molecular complexity index is 1200. The Labute approximate surface area is 169 Å². The summed E-state index contributed by atoms with van der Waals surface area (Å²) in [5.41, 5.74) is 4.22. The SMILES string of the molecule is Cc1nc2c(Br)cc(N3CCOCC3)cc2n1-c1ccnc2c(F)cccc12. The van der Waals surface area contributed by atoms with E-state index in [0.717, 1.165) is 64.4 Å². The summed E-state index contributed by atoms with van der Waals surface area (Å²) in [5.74, 6) is 0.517. The zero-order valence-electron chi connectivity index (χ0n) is 15.3. The molecule has 0 amide bonds. The van der Waals surface area contributed by atoms with Gasteiger partial charge in [0.25, 0.3) is 0 Å². The fraction of sp³-hybridized carbons (Fsp3) is 0.238. The molecule has 0 aliphatic carbocycles. The van der Waals surface area contributed by atoms with Crippen LogP contribution in [0.3, 0.4) is 0 Å². The van der Waals surface area contributed by atoms with Crippen LogP contribution in [0.5, 0.6) is 0 Å². The van der Waals surface area contributed by atoms with Crippen LogP contribution in [0.15, 0.2) is 47.1 Å². The van der Waals surface area contributed by atoms with Crippen LogP contribution >= 0.6 is 15.9 Å². The van der Waals surface area contributed by atoms with Crippen molar-refractivity contribution in [3.63, 3.8) is 0 Å². The average Bonchev–Trinajstić information content (AvgIpc) is 3.05. The zero-order valence-corrected chi connectivity index (χ0v) is 16.9. The molecular formula is C21H18BrFN4O. The molecule has 0 saturated carbocycles. The lowest BCUT2D eigenvalue weighted by molar-refractivity contribution is 0.122. The number of imidazole rings is 1. The first-order chi connectivity index (χ1) is 13.6. The van der Waals surface area contributed by atoms with Gasteiger partial charge in [-0.05, 0) is 47.1 Å². The number of nitrogens with zero attached hydrogens (tertiary/aromatic N) is 4. The Morgan fingerprint density at radius 1 is 1.11 bits per heavy atom. The van der Waals surface area contributed by atoms with Gasteiger partial charge in [-0.1, -0.05) is 12.1 Å². The predicted octanol–water partition coefficient (Wildman–Crippen LogP) is 4.62. The highest BCUT2D eigenvalue weighted by atomic mass is 79.9. The van der Waals surface area contributed by atoms with E-state index in [1.54, 1.807) is 12.3 Å². The lowest BCUT2D eigenvalue weighted by atomic mass is 10.1. The van der Waals surface area contributed by atoms with Crippen molar-refractivity contribution >= 4 is 43.6 Å². The minimum Gasteiger partial charge on any atom is -0.378 e. The number of fused-ring (bicyclic) bond motifs is 2. The Balaban J connectivity index is 1.77. The fourth-order valence-corrected chi connectivity index (χ4v) is 4.39. The first-order valence-corrected chi connectivity index (χ1v) is 9.97. The van der Waals surface area contributed by atoms with E-state index in [4.69, 9.17) is 9.72 Å². The third-order valence-electron chi connectivity index (χ3n) is 5.18. The minimum atomic E-state index is -0.323. The molecule has 142 valence electrons. The van der Waals surface area contributed by atoms with E-state index < -0.39 is 0 Å². The van der Waals surface area contributed by atoms with Crippen molar-refractivity contribution in [2.45, 2.75) is 6.92 Å². The van der Waals surface area contributed by atoms with Crippen molar-refractivity contribution < 1.29 is 9.13 Å². The fourth-order valence-electron chi connectivity index (χ4n) is 3.87. The molecule has 1 aliphatic heterocycles. The van der Waals surface area contributed by atoms with Gasteiger partial charge in [0, 0.05) is 34.8 Å². The highest BCUT2D eigenvalue weighted by Crippen LogP contribution is 2.34. The largest absolute Gasteiger partial charge is 0.378 e. The number of hydrogen-bond acceptors (Lipinski definition) is 4. The molecule has 5 nitrogen and oxygen atoms in total. The van der Waals surface area contributed by atoms with Crippen LogP contribution in [0.4, 0.5) is 10.1 Å². The lowest BCUT2D eigenvalue weighted by Gasteiger charge is -2.29. The van der Waals surface area contributed by atoms with Gasteiger partial charge in [-0.25, -0.2) is 9.37 Å². The van der Waals surface area contributed by atoms with Gasteiger partial charge < -0.3 is 9.64 Å². The van der Waals surface area contributed by atoms with Crippen molar-refractivity contribution in [3.05, 3.63) is 58.7 Å². The van der Waals surface area contributed by atoms with Gasteiger partial charge in [-0.15, -0.1) is 0 Å². The molecule has 1 fully saturated rings. The second-order valence-corrected chi connectivity index (χ2v) is 7.71. The first kappa shape index (κ1) is 17.6. The molecule has 2 aromatic carbocycles. The summed E-state index contributed by atoms with van der Waals surface area (Å²) >= 11 is 3.69. The van der Waals surface area contributed by atoms with Crippen LogP contribution in [0.2, 0.25) is 0 Å². The smallest absolute Gasteiger partial charge is 0.149 e. The number of rotatable bonds is 2. The molecule has 28 heavy (non-hydrogen) atoms. The highest BCUT2D eigenvalue weighted by molar-refractivity contribution is 9.10. The second kappa shape index (κ2) is 6.83. The molecule has 4 aromatic rings. The number of morpholine rings is 1. The van der Waals surface area contributed by atoms with Gasteiger partial charge >= 0.3 is 0 Å². The van der Waals surface area contributed by atoms with E-state index in [0.29, 0.717) is 5.52 Å².